The molecule has 0 spiro atoms. The fraction of sp³-hybridized carbons (Fsp3) is 0.0952. The second-order valence-electron chi connectivity index (χ2n) is 6.27. The molecule has 6 heteroatoms. The maximum Gasteiger partial charge on any atom is 0.255 e. The van der Waals surface area contributed by atoms with Gasteiger partial charge in [0.05, 0.1) is 11.9 Å². The van der Waals surface area contributed by atoms with Crippen LogP contribution < -0.4 is 10.0 Å². The smallest absolute Gasteiger partial charge is 0.255 e. The van der Waals surface area contributed by atoms with Gasteiger partial charge < -0.3 is 5.32 Å². The molecule has 0 aliphatic carbocycles. The molecule has 1 amide bonds. The van der Waals surface area contributed by atoms with Crippen LogP contribution in [0, 0.1) is 6.92 Å². The Morgan fingerprint density at radius 2 is 1.52 bits per heavy atom. The molecule has 3 aromatic rings. The van der Waals surface area contributed by atoms with Crippen molar-refractivity contribution in [1.29, 1.82) is 0 Å². The number of benzene rings is 3. The van der Waals surface area contributed by atoms with Gasteiger partial charge in [0.15, 0.2) is 0 Å². The van der Waals surface area contributed by atoms with Crippen molar-refractivity contribution in [2.45, 2.75) is 6.92 Å². The van der Waals surface area contributed by atoms with E-state index in [4.69, 9.17) is 0 Å². The minimum Gasteiger partial charge on any atom is -0.321 e. The molecule has 0 saturated heterocycles. The van der Waals surface area contributed by atoms with Crippen molar-refractivity contribution in [3.63, 3.8) is 0 Å². The summed E-state index contributed by atoms with van der Waals surface area (Å²) in [5.41, 5.74) is 4.09. The SMILES string of the molecule is Cc1ccc(C(=O)Nc2ccccc2-c2ccccc2)cc1NS(C)(=O)=O. The number of carbonyl (C=O) groups is 1. The van der Waals surface area contributed by atoms with Crippen molar-refractivity contribution >= 4 is 27.3 Å². The predicted octanol–water partition coefficient (Wildman–Crippen LogP) is 4.29. The lowest BCUT2D eigenvalue weighted by atomic mass is 10.0. The minimum atomic E-state index is -3.43. The van der Waals surface area contributed by atoms with Crippen LogP contribution in [-0.2, 0) is 10.0 Å². The largest absolute Gasteiger partial charge is 0.321 e. The highest BCUT2D eigenvalue weighted by atomic mass is 32.2. The topological polar surface area (TPSA) is 75.3 Å². The van der Waals surface area contributed by atoms with E-state index in [1.807, 2.05) is 54.6 Å². The number of amides is 1. The Balaban J connectivity index is 1.90. The van der Waals surface area contributed by atoms with Gasteiger partial charge in [-0.3, -0.25) is 9.52 Å². The first kappa shape index (κ1) is 18.7. The number of aryl methyl sites for hydroxylation is 1. The van der Waals surface area contributed by atoms with Gasteiger partial charge in [0, 0.05) is 16.8 Å². The number of carbonyl (C=O) groups excluding carboxylic acids is 1. The molecule has 138 valence electrons. The Labute approximate surface area is 159 Å². The van der Waals surface area contributed by atoms with Gasteiger partial charge >= 0.3 is 0 Å². The number of sulfonamides is 1. The third-order valence-electron chi connectivity index (χ3n) is 4.06. The predicted molar refractivity (Wildman–Crippen MR) is 109 cm³/mol. The first-order chi connectivity index (χ1) is 12.8. The van der Waals surface area contributed by atoms with Crippen LogP contribution in [0.1, 0.15) is 15.9 Å². The summed E-state index contributed by atoms with van der Waals surface area (Å²) in [5.74, 6) is -0.310. The highest BCUT2D eigenvalue weighted by Crippen LogP contribution is 2.28. The number of rotatable bonds is 5. The number of para-hydroxylation sites is 1. The zero-order valence-corrected chi connectivity index (χ0v) is 15.9. The maximum atomic E-state index is 12.7. The number of nitrogens with one attached hydrogen (secondary N) is 2. The fourth-order valence-electron chi connectivity index (χ4n) is 2.73. The lowest BCUT2D eigenvalue weighted by Crippen LogP contribution is -2.15. The van der Waals surface area contributed by atoms with E-state index in [2.05, 4.69) is 10.0 Å². The Hall–Kier alpha value is -3.12. The molecule has 0 fully saturated rings. The van der Waals surface area contributed by atoms with Crippen LogP contribution in [0.5, 0.6) is 0 Å². The molecule has 27 heavy (non-hydrogen) atoms. The maximum absolute atomic E-state index is 12.7. The monoisotopic (exact) mass is 380 g/mol. The van der Waals surface area contributed by atoms with E-state index in [1.54, 1.807) is 19.1 Å². The van der Waals surface area contributed by atoms with Crippen molar-refractivity contribution in [3.05, 3.63) is 83.9 Å². The average Bonchev–Trinajstić information content (AvgIpc) is 2.63. The molecule has 3 aromatic carbocycles. The Morgan fingerprint density at radius 1 is 0.852 bits per heavy atom. The molecule has 0 radical (unpaired) electrons. The highest BCUT2D eigenvalue weighted by molar-refractivity contribution is 7.92. The Kier molecular flexibility index (Phi) is 5.28. The molecule has 0 aliphatic rings. The van der Waals surface area contributed by atoms with Crippen molar-refractivity contribution < 1.29 is 13.2 Å². The van der Waals surface area contributed by atoms with Crippen LogP contribution in [0.15, 0.2) is 72.8 Å². The van der Waals surface area contributed by atoms with Crippen molar-refractivity contribution in [1.82, 2.24) is 0 Å². The zero-order valence-electron chi connectivity index (χ0n) is 15.1. The van der Waals surface area contributed by atoms with Crippen molar-refractivity contribution in [2.75, 3.05) is 16.3 Å². The molecule has 3 rings (SSSR count). The summed E-state index contributed by atoms with van der Waals surface area (Å²) in [6, 6.07) is 22.2. The average molecular weight is 380 g/mol. The van der Waals surface area contributed by atoms with Crippen LogP contribution >= 0.6 is 0 Å². The van der Waals surface area contributed by atoms with Gasteiger partial charge in [-0.25, -0.2) is 8.42 Å². The molecule has 5 nitrogen and oxygen atoms in total. The summed E-state index contributed by atoms with van der Waals surface area (Å²) in [7, 11) is -3.43. The van der Waals surface area contributed by atoms with Crippen LogP contribution in [0.4, 0.5) is 11.4 Å². The number of hydrogen-bond donors (Lipinski definition) is 2. The van der Waals surface area contributed by atoms with E-state index < -0.39 is 10.0 Å². The molecule has 0 unspecified atom stereocenters. The van der Waals surface area contributed by atoms with Crippen LogP contribution in [0.25, 0.3) is 11.1 Å². The molecule has 0 aliphatic heterocycles. The summed E-state index contributed by atoms with van der Waals surface area (Å²) in [4.78, 5) is 12.7. The van der Waals surface area contributed by atoms with E-state index in [0.29, 0.717) is 16.9 Å². The lowest BCUT2D eigenvalue weighted by molar-refractivity contribution is 0.102. The van der Waals surface area contributed by atoms with E-state index in [0.717, 1.165) is 22.9 Å². The van der Waals surface area contributed by atoms with Gasteiger partial charge in [-0.05, 0) is 36.2 Å². The molecule has 0 heterocycles. The van der Waals surface area contributed by atoms with Crippen molar-refractivity contribution in [2.24, 2.45) is 0 Å². The third-order valence-corrected chi connectivity index (χ3v) is 4.65. The minimum absolute atomic E-state index is 0.310. The first-order valence-corrected chi connectivity index (χ1v) is 10.3. The summed E-state index contributed by atoms with van der Waals surface area (Å²) < 4.78 is 25.5. The van der Waals surface area contributed by atoms with Crippen LogP contribution in [-0.4, -0.2) is 20.6 Å². The second-order valence-corrected chi connectivity index (χ2v) is 8.02. The molecule has 0 aromatic heterocycles. The van der Waals surface area contributed by atoms with E-state index in [9.17, 15) is 13.2 Å². The molecule has 0 atom stereocenters. The van der Waals surface area contributed by atoms with Crippen LogP contribution in [0.3, 0.4) is 0 Å². The number of hydrogen-bond acceptors (Lipinski definition) is 3. The van der Waals surface area contributed by atoms with Gasteiger partial charge in [-0.2, -0.15) is 0 Å². The molecular weight excluding hydrogens is 360 g/mol. The normalized spacial score (nSPS) is 11.0. The lowest BCUT2D eigenvalue weighted by Gasteiger charge is -2.13. The first-order valence-electron chi connectivity index (χ1n) is 8.38. The summed E-state index contributed by atoms with van der Waals surface area (Å²) in [6.45, 7) is 1.78. The Morgan fingerprint density at radius 3 is 2.22 bits per heavy atom. The molecule has 0 bridgehead atoms. The summed E-state index contributed by atoms with van der Waals surface area (Å²) in [6.07, 6.45) is 1.08. The van der Waals surface area contributed by atoms with Crippen LogP contribution in [0.2, 0.25) is 0 Å². The van der Waals surface area contributed by atoms with Gasteiger partial charge in [0.1, 0.15) is 0 Å². The third kappa shape index (κ3) is 4.74. The van der Waals surface area contributed by atoms with Gasteiger partial charge in [-0.15, -0.1) is 0 Å². The summed E-state index contributed by atoms with van der Waals surface area (Å²) >= 11 is 0. The fourth-order valence-corrected chi connectivity index (χ4v) is 3.35. The number of anilines is 2. The molecule has 0 saturated carbocycles. The van der Waals surface area contributed by atoms with E-state index in [-0.39, 0.29) is 5.91 Å². The highest BCUT2D eigenvalue weighted by Gasteiger charge is 2.13. The second kappa shape index (κ2) is 7.63. The summed E-state index contributed by atoms with van der Waals surface area (Å²) in [5, 5.41) is 2.92. The molecular formula is C21H20N2O3S. The quantitative estimate of drug-likeness (QED) is 0.693. The Bertz CT molecular complexity index is 1080. The molecule has 2 N–H and O–H groups in total. The van der Waals surface area contributed by atoms with E-state index >= 15 is 0 Å². The van der Waals surface area contributed by atoms with Gasteiger partial charge in [-0.1, -0.05) is 54.6 Å². The van der Waals surface area contributed by atoms with E-state index in [1.165, 1.54) is 6.07 Å². The van der Waals surface area contributed by atoms with Crippen molar-refractivity contribution in [3.8, 4) is 11.1 Å². The standard InChI is InChI=1S/C21H20N2O3S/c1-15-12-13-17(14-20(15)23-27(2,25)26)21(24)22-19-11-7-6-10-18(19)16-8-4-3-5-9-16/h3-14,23H,1-2H3,(H,22,24). The van der Waals surface area contributed by atoms with Gasteiger partial charge in [0.25, 0.3) is 5.91 Å². The van der Waals surface area contributed by atoms with Gasteiger partial charge in [0.2, 0.25) is 10.0 Å². The zero-order chi connectivity index (χ0) is 19.4.